The summed E-state index contributed by atoms with van der Waals surface area (Å²) in [5, 5.41) is 0. The molecule has 0 aliphatic rings. The third-order valence-electron chi connectivity index (χ3n) is 4.87. The molecule has 2 aromatic carbocycles. The summed E-state index contributed by atoms with van der Waals surface area (Å²) in [7, 11) is 0. The fourth-order valence-corrected chi connectivity index (χ4v) is 3.64. The maximum atomic E-state index is 14.9. The summed E-state index contributed by atoms with van der Waals surface area (Å²) >= 11 is 0. The Kier molecular flexibility index (Phi) is 5.31. The topological polar surface area (TPSA) is 44.0 Å². The third-order valence-corrected chi connectivity index (χ3v) is 4.87. The minimum Gasteiger partial charge on any atom is -0.287 e. The second-order valence-corrected chi connectivity index (χ2v) is 9.28. The van der Waals surface area contributed by atoms with Crippen LogP contribution < -0.4 is 11.2 Å². The van der Waals surface area contributed by atoms with Crippen LogP contribution in [0.1, 0.15) is 41.5 Å². The van der Waals surface area contributed by atoms with Gasteiger partial charge in [-0.1, -0.05) is 30.3 Å². The number of hydrogen-bond donors (Lipinski definition) is 0. The molecule has 3 rings (SSSR count). The van der Waals surface area contributed by atoms with E-state index in [1.165, 1.54) is 41.0 Å². The summed E-state index contributed by atoms with van der Waals surface area (Å²) in [6.07, 6.45) is 0. The van der Waals surface area contributed by atoms with E-state index in [1.54, 1.807) is 53.7 Å². The van der Waals surface area contributed by atoms with Gasteiger partial charge in [-0.3, -0.25) is 13.9 Å². The van der Waals surface area contributed by atoms with Gasteiger partial charge in [-0.15, -0.1) is 0 Å². The molecule has 0 amide bonds. The number of rotatable bonds is 2. The number of halogens is 2. The van der Waals surface area contributed by atoms with Gasteiger partial charge in [0.1, 0.15) is 11.6 Å². The normalized spacial score (nSPS) is 12.3. The summed E-state index contributed by atoms with van der Waals surface area (Å²) in [6, 6.07) is 11.7. The lowest BCUT2D eigenvalue weighted by Crippen LogP contribution is -2.52. The van der Waals surface area contributed by atoms with E-state index in [0.29, 0.717) is 0 Å². The van der Waals surface area contributed by atoms with Crippen molar-refractivity contribution in [2.45, 2.75) is 52.6 Å². The molecule has 0 atom stereocenters. The largest absolute Gasteiger partial charge is 0.332 e. The SMILES string of the molecule is CC(C)(C)n1c(-c2ccccc2F)c(-c2ccccc2F)c(=O)n(C(C)(C)C)c1=O. The zero-order valence-electron chi connectivity index (χ0n) is 18.1. The summed E-state index contributed by atoms with van der Waals surface area (Å²) in [4.78, 5) is 27.2. The van der Waals surface area contributed by atoms with Crippen LogP contribution in [0.2, 0.25) is 0 Å². The van der Waals surface area contributed by atoms with Crippen molar-refractivity contribution in [2.24, 2.45) is 0 Å². The maximum absolute atomic E-state index is 14.9. The number of hydrogen-bond acceptors (Lipinski definition) is 2. The van der Waals surface area contributed by atoms with E-state index in [9.17, 15) is 18.4 Å². The highest BCUT2D eigenvalue weighted by Crippen LogP contribution is 2.34. The van der Waals surface area contributed by atoms with Gasteiger partial charge in [0, 0.05) is 22.2 Å². The molecule has 30 heavy (non-hydrogen) atoms. The lowest BCUT2D eigenvalue weighted by atomic mass is 9.95. The molecule has 0 saturated carbocycles. The average molecular weight is 412 g/mol. The van der Waals surface area contributed by atoms with Crippen molar-refractivity contribution < 1.29 is 8.78 Å². The summed E-state index contributed by atoms with van der Waals surface area (Å²) in [5.74, 6) is -1.22. The van der Waals surface area contributed by atoms with Crippen LogP contribution in [0, 0.1) is 11.6 Å². The van der Waals surface area contributed by atoms with Crippen LogP contribution in [-0.2, 0) is 11.1 Å². The molecular weight excluding hydrogens is 386 g/mol. The molecule has 0 fully saturated rings. The van der Waals surface area contributed by atoms with Crippen molar-refractivity contribution in [1.82, 2.24) is 9.13 Å². The molecule has 158 valence electrons. The number of benzene rings is 2. The third kappa shape index (κ3) is 3.62. The Morgan fingerprint density at radius 2 is 1.10 bits per heavy atom. The predicted octanol–water partition coefficient (Wildman–Crippen LogP) is 5.13. The van der Waals surface area contributed by atoms with E-state index in [2.05, 4.69) is 0 Å². The van der Waals surface area contributed by atoms with Gasteiger partial charge in [-0.05, 0) is 59.7 Å². The molecule has 6 heteroatoms. The van der Waals surface area contributed by atoms with Gasteiger partial charge >= 0.3 is 5.69 Å². The van der Waals surface area contributed by atoms with Crippen LogP contribution in [-0.4, -0.2) is 9.13 Å². The Bertz CT molecular complexity index is 1230. The van der Waals surface area contributed by atoms with Gasteiger partial charge in [0.05, 0.1) is 11.3 Å². The van der Waals surface area contributed by atoms with E-state index in [4.69, 9.17) is 0 Å². The van der Waals surface area contributed by atoms with E-state index in [1.807, 2.05) is 0 Å². The summed E-state index contributed by atoms with van der Waals surface area (Å²) in [5.41, 5.74) is -2.78. The Hall–Kier alpha value is -3.02. The molecule has 1 aromatic heterocycles. The Labute approximate surface area is 174 Å². The quantitative estimate of drug-likeness (QED) is 0.586. The molecule has 0 bridgehead atoms. The van der Waals surface area contributed by atoms with Crippen LogP contribution in [0.3, 0.4) is 0 Å². The van der Waals surface area contributed by atoms with Crippen LogP contribution in [0.5, 0.6) is 0 Å². The van der Waals surface area contributed by atoms with Crippen LogP contribution >= 0.6 is 0 Å². The first kappa shape index (κ1) is 21.7. The molecule has 4 nitrogen and oxygen atoms in total. The molecular formula is C24H26F2N2O2. The zero-order valence-corrected chi connectivity index (χ0v) is 18.1. The van der Waals surface area contributed by atoms with E-state index >= 15 is 0 Å². The van der Waals surface area contributed by atoms with Gasteiger partial charge in [-0.25, -0.2) is 13.6 Å². The lowest BCUT2D eigenvalue weighted by Gasteiger charge is -2.32. The standard InChI is InChI=1S/C24H26F2N2O2/c1-23(2,3)27-20(16-12-8-10-14-18(16)26)19(15-11-7-9-13-17(15)25)21(29)28(22(27)30)24(4,5)6/h7-14H,1-6H3. The minimum atomic E-state index is -0.866. The first-order valence-corrected chi connectivity index (χ1v) is 9.78. The van der Waals surface area contributed by atoms with E-state index < -0.39 is 34.0 Å². The van der Waals surface area contributed by atoms with Crippen LogP contribution in [0.15, 0.2) is 58.1 Å². The predicted molar refractivity (Wildman–Crippen MR) is 116 cm³/mol. The molecule has 0 radical (unpaired) electrons. The Morgan fingerprint density at radius 1 is 0.667 bits per heavy atom. The molecule has 3 aromatic rings. The molecule has 0 aliphatic heterocycles. The van der Waals surface area contributed by atoms with Gasteiger partial charge < -0.3 is 0 Å². The first-order chi connectivity index (χ1) is 13.9. The highest BCUT2D eigenvalue weighted by molar-refractivity contribution is 5.81. The maximum Gasteiger partial charge on any atom is 0.332 e. The molecule has 0 spiro atoms. The summed E-state index contributed by atoms with van der Waals surface area (Å²) in [6.45, 7) is 10.6. The first-order valence-electron chi connectivity index (χ1n) is 9.78. The second-order valence-electron chi connectivity index (χ2n) is 9.28. The van der Waals surface area contributed by atoms with Crippen molar-refractivity contribution in [2.75, 3.05) is 0 Å². The molecule has 0 aliphatic carbocycles. The van der Waals surface area contributed by atoms with Gasteiger partial charge in [0.25, 0.3) is 5.56 Å². The smallest absolute Gasteiger partial charge is 0.287 e. The average Bonchev–Trinajstić information content (AvgIpc) is 2.60. The molecule has 0 N–H and O–H groups in total. The van der Waals surface area contributed by atoms with Crippen molar-refractivity contribution in [3.63, 3.8) is 0 Å². The second kappa shape index (κ2) is 7.35. The Balaban J connectivity index is 2.71. The van der Waals surface area contributed by atoms with Crippen molar-refractivity contribution in [3.8, 4) is 22.4 Å². The number of aromatic nitrogens is 2. The van der Waals surface area contributed by atoms with Crippen molar-refractivity contribution in [1.29, 1.82) is 0 Å². The van der Waals surface area contributed by atoms with Gasteiger partial charge in [0.15, 0.2) is 0 Å². The molecule has 1 heterocycles. The van der Waals surface area contributed by atoms with Crippen LogP contribution in [0.4, 0.5) is 8.78 Å². The lowest BCUT2D eigenvalue weighted by molar-refractivity contribution is 0.314. The van der Waals surface area contributed by atoms with Gasteiger partial charge in [0.2, 0.25) is 0 Å². The van der Waals surface area contributed by atoms with E-state index in [-0.39, 0.29) is 22.4 Å². The van der Waals surface area contributed by atoms with Crippen LogP contribution in [0.25, 0.3) is 22.4 Å². The molecule has 0 unspecified atom stereocenters. The van der Waals surface area contributed by atoms with Crippen molar-refractivity contribution >= 4 is 0 Å². The number of nitrogens with zero attached hydrogens (tertiary/aromatic N) is 2. The highest BCUT2D eigenvalue weighted by Gasteiger charge is 2.32. The van der Waals surface area contributed by atoms with Crippen molar-refractivity contribution in [3.05, 3.63) is 81.0 Å². The summed E-state index contributed by atoms with van der Waals surface area (Å²) < 4.78 is 32.3. The highest BCUT2D eigenvalue weighted by atomic mass is 19.1. The zero-order chi connectivity index (χ0) is 22.4. The Morgan fingerprint density at radius 3 is 1.53 bits per heavy atom. The monoisotopic (exact) mass is 412 g/mol. The fraction of sp³-hybridized carbons (Fsp3) is 0.333. The molecule has 0 saturated heterocycles. The van der Waals surface area contributed by atoms with E-state index in [0.717, 1.165) is 4.57 Å². The fourth-order valence-electron chi connectivity index (χ4n) is 3.64. The van der Waals surface area contributed by atoms with Gasteiger partial charge in [-0.2, -0.15) is 0 Å². The minimum absolute atomic E-state index is 0.0248.